The monoisotopic (exact) mass is 275 g/mol. The molecule has 0 aromatic heterocycles. The van der Waals surface area contributed by atoms with Gasteiger partial charge in [-0.2, -0.15) is 0 Å². The predicted octanol–water partition coefficient (Wildman–Crippen LogP) is 2.83. The van der Waals surface area contributed by atoms with E-state index in [2.05, 4.69) is 23.5 Å². The summed E-state index contributed by atoms with van der Waals surface area (Å²) >= 11 is 0. The van der Waals surface area contributed by atoms with Crippen molar-refractivity contribution in [2.24, 2.45) is 0 Å². The topological polar surface area (TPSA) is 41.5 Å². The Bertz CT molecular complexity index is 434. The van der Waals surface area contributed by atoms with Crippen LogP contribution in [0.5, 0.6) is 5.75 Å². The van der Waals surface area contributed by atoms with Crippen LogP contribution in [0.3, 0.4) is 0 Å². The van der Waals surface area contributed by atoms with Crippen LogP contribution in [0.2, 0.25) is 0 Å². The van der Waals surface area contributed by atoms with Gasteiger partial charge in [-0.3, -0.25) is 0 Å². The van der Waals surface area contributed by atoms with Gasteiger partial charge < -0.3 is 15.2 Å². The van der Waals surface area contributed by atoms with Gasteiger partial charge in [-0.1, -0.05) is 12.1 Å². The first-order chi connectivity index (χ1) is 9.74. The Kier molecular flexibility index (Phi) is 4.27. The Morgan fingerprint density at radius 3 is 2.55 bits per heavy atom. The van der Waals surface area contributed by atoms with Crippen molar-refractivity contribution >= 4 is 0 Å². The van der Waals surface area contributed by atoms with Gasteiger partial charge in [0.15, 0.2) is 0 Å². The summed E-state index contributed by atoms with van der Waals surface area (Å²) in [6.45, 7) is 0. The maximum absolute atomic E-state index is 9.53. The van der Waals surface area contributed by atoms with Gasteiger partial charge in [0, 0.05) is 12.1 Å². The van der Waals surface area contributed by atoms with Crippen molar-refractivity contribution in [3.05, 3.63) is 29.8 Å². The molecule has 1 aromatic carbocycles. The molecule has 0 heterocycles. The average molecular weight is 275 g/mol. The Morgan fingerprint density at radius 2 is 1.85 bits per heavy atom. The molecule has 110 valence electrons. The van der Waals surface area contributed by atoms with E-state index >= 15 is 0 Å². The molecule has 0 atom stereocenters. The first-order valence-corrected chi connectivity index (χ1v) is 7.82. The third-order valence-corrected chi connectivity index (χ3v) is 4.87. The molecule has 2 saturated carbocycles. The Morgan fingerprint density at radius 1 is 1.10 bits per heavy atom. The lowest BCUT2D eigenvalue weighted by Crippen LogP contribution is -2.47. The highest BCUT2D eigenvalue weighted by Crippen LogP contribution is 2.38. The number of aliphatic hydroxyl groups excluding tert-OH is 1. The molecule has 0 spiro atoms. The summed E-state index contributed by atoms with van der Waals surface area (Å²) in [5.41, 5.74) is 1.40. The van der Waals surface area contributed by atoms with E-state index in [0.29, 0.717) is 18.0 Å². The van der Waals surface area contributed by atoms with Gasteiger partial charge in [0.1, 0.15) is 5.75 Å². The van der Waals surface area contributed by atoms with E-state index in [1.807, 2.05) is 6.07 Å². The zero-order valence-electron chi connectivity index (χ0n) is 12.2. The smallest absolute Gasteiger partial charge is 0.119 e. The number of aliphatic hydroxyl groups is 1. The van der Waals surface area contributed by atoms with E-state index in [9.17, 15) is 5.11 Å². The molecule has 3 nitrogen and oxygen atoms in total. The molecule has 2 fully saturated rings. The van der Waals surface area contributed by atoms with Crippen LogP contribution in [0.1, 0.15) is 50.0 Å². The van der Waals surface area contributed by atoms with Crippen molar-refractivity contribution in [1.82, 2.24) is 5.32 Å². The number of ether oxygens (including phenoxy) is 1. The van der Waals surface area contributed by atoms with Gasteiger partial charge in [-0.05, 0) is 62.1 Å². The standard InChI is InChI=1S/C17H25NO2/c1-20-17-4-2-3-12(11-17)13-9-15(10-13)18-14-5-7-16(19)8-6-14/h2-4,11,13-16,18-19H,5-10H2,1H3. The Hall–Kier alpha value is -1.06. The summed E-state index contributed by atoms with van der Waals surface area (Å²) in [6.07, 6.45) is 6.58. The number of hydrogen-bond donors (Lipinski definition) is 2. The third-order valence-electron chi connectivity index (χ3n) is 4.87. The van der Waals surface area contributed by atoms with Crippen LogP contribution in [0.15, 0.2) is 24.3 Å². The van der Waals surface area contributed by atoms with Crippen LogP contribution in [0, 0.1) is 0 Å². The van der Waals surface area contributed by atoms with Crippen molar-refractivity contribution in [1.29, 1.82) is 0 Å². The van der Waals surface area contributed by atoms with Crippen LogP contribution in [0.4, 0.5) is 0 Å². The highest BCUT2D eigenvalue weighted by atomic mass is 16.5. The predicted molar refractivity (Wildman–Crippen MR) is 80.2 cm³/mol. The Balaban J connectivity index is 1.46. The van der Waals surface area contributed by atoms with E-state index in [4.69, 9.17) is 4.74 Å². The second-order valence-electron chi connectivity index (χ2n) is 6.31. The molecule has 3 heteroatoms. The van der Waals surface area contributed by atoms with E-state index in [-0.39, 0.29) is 6.10 Å². The molecule has 0 saturated heterocycles. The molecule has 0 radical (unpaired) electrons. The largest absolute Gasteiger partial charge is 0.497 e. The Labute approximate surface area is 121 Å². The fraction of sp³-hybridized carbons (Fsp3) is 0.647. The van der Waals surface area contributed by atoms with Crippen molar-refractivity contribution in [3.63, 3.8) is 0 Å². The van der Waals surface area contributed by atoms with E-state index in [1.165, 1.54) is 18.4 Å². The summed E-state index contributed by atoms with van der Waals surface area (Å²) < 4.78 is 5.29. The molecule has 2 N–H and O–H groups in total. The first kappa shape index (κ1) is 13.9. The van der Waals surface area contributed by atoms with Crippen molar-refractivity contribution in [3.8, 4) is 5.75 Å². The lowest BCUT2D eigenvalue weighted by atomic mass is 9.75. The molecule has 1 aromatic rings. The van der Waals surface area contributed by atoms with E-state index in [0.717, 1.165) is 31.4 Å². The van der Waals surface area contributed by atoms with E-state index < -0.39 is 0 Å². The van der Waals surface area contributed by atoms with Gasteiger partial charge in [0.05, 0.1) is 13.2 Å². The lowest BCUT2D eigenvalue weighted by Gasteiger charge is -2.40. The number of rotatable bonds is 4. The van der Waals surface area contributed by atoms with Crippen molar-refractivity contribution < 1.29 is 9.84 Å². The van der Waals surface area contributed by atoms with Crippen molar-refractivity contribution in [2.75, 3.05) is 7.11 Å². The van der Waals surface area contributed by atoms with Crippen LogP contribution >= 0.6 is 0 Å². The van der Waals surface area contributed by atoms with Crippen LogP contribution in [0.25, 0.3) is 0 Å². The quantitative estimate of drug-likeness (QED) is 0.888. The summed E-state index contributed by atoms with van der Waals surface area (Å²) in [5.74, 6) is 1.64. The molecule has 20 heavy (non-hydrogen) atoms. The molecule has 0 amide bonds. The molecule has 2 aliphatic rings. The third kappa shape index (κ3) is 3.15. The van der Waals surface area contributed by atoms with Crippen LogP contribution in [-0.2, 0) is 0 Å². The van der Waals surface area contributed by atoms with Crippen LogP contribution < -0.4 is 10.1 Å². The summed E-state index contributed by atoms with van der Waals surface area (Å²) in [7, 11) is 1.72. The normalized spacial score (nSPS) is 33.5. The van der Waals surface area contributed by atoms with E-state index in [1.54, 1.807) is 7.11 Å². The van der Waals surface area contributed by atoms with Crippen LogP contribution in [-0.4, -0.2) is 30.4 Å². The fourth-order valence-electron chi connectivity index (χ4n) is 3.50. The van der Waals surface area contributed by atoms with Crippen molar-refractivity contribution in [2.45, 2.75) is 62.6 Å². The van der Waals surface area contributed by atoms with Gasteiger partial charge in [-0.15, -0.1) is 0 Å². The number of hydrogen-bond acceptors (Lipinski definition) is 3. The minimum Gasteiger partial charge on any atom is -0.497 e. The molecule has 0 bridgehead atoms. The zero-order chi connectivity index (χ0) is 13.9. The molecule has 0 unspecified atom stereocenters. The zero-order valence-corrected chi connectivity index (χ0v) is 12.2. The highest BCUT2D eigenvalue weighted by molar-refractivity contribution is 5.32. The number of nitrogens with one attached hydrogen (secondary N) is 1. The summed E-state index contributed by atoms with van der Waals surface area (Å²) in [5, 5.41) is 13.3. The highest BCUT2D eigenvalue weighted by Gasteiger charge is 2.32. The molecular formula is C17H25NO2. The second kappa shape index (κ2) is 6.15. The molecular weight excluding hydrogens is 250 g/mol. The van der Waals surface area contributed by atoms with Gasteiger partial charge >= 0.3 is 0 Å². The minimum absolute atomic E-state index is 0.0565. The van der Waals surface area contributed by atoms with Gasteiger partial charge in [0.25, 0.3) is 0 Å². The number of methoxy groups -OCH3 is 1. The first-order valence-electron chi connectivity index (χ1n) is 7.82. The second-order valence-corrected chi connectivity index (χ2v) is 6.31. The lowest BCUT2D eigenvalue weighted by molar-refractivity contribution is 0.108. The van der Waals surface area contributed by atoms with Gasteiger partial charge in [-0.25, -0.2) is 0 Å². The minimum atomic E-state index is -0.0565. The summed E-state index contributed by atoms with van der Waals surface area (Å²) in [4.78, 5) is 0. The maximum Gasteiger partial charge on any atom is 0.119 e. The molecule has 2 aliphatic carbocycles. The SMILES string of the molecule is COc1cccc(C2CC(NC3CCC(O)CC3)C2)c1. The average Bonchev–Trinajstić information content (AvgIpc) is 2.44. The molecule has 3 rings (SSSR count). The van der Waals surface area contributed by atoms with Gasteiger partial charge in [0.2, 0.25) is 0 Å². The summed E-state index contributed by atoms with van der Waals surface area (Å²) in [6, 6.07) is 9.74. The molecule has 0 aliphatic heterocycles. The maximum atomic E-state index is 9.53. The fourth-order valence-corrected chi connectivity index (χ4v) is 3.50. The number of benzene rings is 1.